The first-order chi connectivity index (χ1) is 13.5. The molecular weight excluding hydrogens is 356 g/mol. The minimum absolute atomic E-state index is 0.110. The van der Waals surface area contributed by atoms with E-state index in [2.05, 4.69) is 10.6 Å². The molecule has 0 aliphatic carbocycles. The van der Waals surface area contributed by atoms with Gasteiger partial charge < -0.3 is 15.2 Å². The van der Waals surface area contributed by atoms with Crippen molar-refractivity contribution in [2.45, 2.75) is 19.0 Å². The zero-order valence-corrected chi connectivity index (χ0v) is 15.4. The fourth-order valence-corrected chi connectivity index (χ4v) is 3.37. The summed E-state index contributed by atoms with van der Waals surface area (Å²) in [7, 11) is 1.93. The molecule has 0 bridgehead atoms. The number of amides is 4. The van der Waals surface area contributed by atoms with Gasteiger partial charge in [0.15, 0.2) is 0 Å². The Morgan fingerprint density at radius 1 is 1.11 bits per heavy atom. The second kappa shape index (κ2) is 7.19. The average molecular weight is 376 g/mol. The molecule has 0 spiro atoms. The Hall–Kier alpha value is -3.61. The number of urea groups is 1. The van der Waals surface area contributed by atoms with Gasteiger partial charge in [0.05, 0.1) is 13.0 Å². The van der Waals surface area contributed by atoms with E-state index in [-0.39, 0.29) is 24.8 Å². The first kappa shape index (κ1) is 17.8. The lowest BCUT2D eigenvalue weighted by Gasteiger charge is -2.13. The molecule has 1 unspecified atom stereocenters. The molecule has 3 aromatic rings. The van der Waals surface area contributed by atoms with E-state index in [4.69, 9.17) is 0 Å². The van der Waals surface area contributed by atoms with Crippen LogP contribution in [-0.2, 0) is 23.2 Å². The van der Waals surface area contributed by atoms with Crippen molar-refractivity contribution in [3.8, 4) is 0 Å². The van der Waals surface area contributed by atoms with Crippen molar-refractivity contribution in [1.29, 1.82) is 0 Å². The van der Waals surface area contributed by atoms with Gasteiger partial charge in [0.1, 0.15) is 6.04 Å². The van der Waals surface area contributed by atoms with Crippen LogP contribution in [0.15, 0.2) is 60.8 Å². The van der Waals surface area contributed by atoms with Crippen LogP contribution in [0.3, 0.4) is 0 Å². The van der Waals surface area contributed by atoms with Crippen LogP contribution in [0.25, 0.3) is 10.9 Å². The van der Waals surface area contributed by atoms with Gasteiger partial charge in [0.2, 0.25) is 5.91 Å². The van der Waals surface area contributed by atoms with Crippen molar-refractivity contribution >= 4 is 34.4 Å². The Labute approximate surface area is 161 Å². The van der Waals surface area contributed by atoms with Crippen LogP contribution in [0.5, 0.6) is 0 Å². The van der Waals surface area contributed by atoms with Crippen molar-refractivity contribution in [3.63, 3.8) is 0 Å². The number of nitrogens with one attached hydrogen (secondary N) is 2. The number of fused-ring (bicyclic) bond motifs is 1. The van der Waals surface area contributed by atoms with Crippen molar-refractivity contribution in [2.75, 3.05) is 5.32 Å². The molecule has 0 saturated carbocycles. The quantitative estimate of drug-likeness (QED) is 0.672. The highest BCUT2D eigenvalue weighted by Gasteiger charge is 2.38. The minimum Gasteiger partial charge on any atom is -0.350 e. The lowest BCUT2D eigenvalue weighted by Crippen LogP contribution is -2.34. The van der Waals surface area contributed by atoms with Gasteiger partial charge in [-0.2, -0.15) is 0 Å². The summed E-state index contributed by atoms with van der Waals surface area (Å²) in [5.41, 5.74) is 2.50. The normalized spacial score (nSPS) is 16.5. The van der Waals surface area contributed by atoms with Gasteiger partial charge in [-0.1, -0.05) is 36.4 Å². The number of benzene rings is 2. The summed E-state index contributed by atoms with van der Waals surface area (Å²) in [6.45, 7) is 0.188. The molecule has 2 N–H and O–H groups in total. The highest BCUT2D eigenvalue weighted by atomic mass is 16.2. The molecular formula is C21H20N4O3. The summed E-state index contributed by atoms with van der Waals surface area (Å²) in [4.78, 5) is 38.3. The number of nitrogens with zero attached hydrogens (tertiary/aromatic N) is 2. The SMILES string of the molecule is Cn1ccc2ccc(NC(=O)CC3NC(=O)N(Cc4ccccc4)C3=O)cc21. The van der Waals surface area contributed by atoms with Crippen LogP contribution in [0, 0.1) is 0 Å². The molecule has 2 heterocycles. The Kier molecular flexibility index (Phi) is 4.57. The molecule has 1 fully saturated rings. The zero-order valence-electron chi connectivity index (χ0n) is 15.4. The molecule has 1 aliphatic heterocycles. The smallest absolute Gasteiger partial charge is 0.325 e. The molecule has 4 amide bonds. The Bertz CT molecular complexity index is 1060. The van der Waals surface area contributed by atoms with Crippen LogP contribution in [0.4, 0.5) is 10.5 Å². The first-order valence-corrected chi connectivity index (χ1v) is 9.02. The highest BCUT2D eigenvalue weighted by molar-refractivity contribution is 6.07. The summed E-state index contributed by atoms with van der Waals surface area (Å²) in [5, 5.41) is 6.48. The molecule has 1 aromatic heterocycles. The van der Waals surface area contributed by atoms with Gasteiger partial charge >= 0.3 is 6.03 Å². The fraction of sp³-hybridized carbons (Fsp3) is 0.190. The topological polar surface area (TPSA) is 83.4 Å². The lowest BCUT2D eigenvalue weighted by molar-refractivity contribution is -0.130. The fourth-order valence-electron chi connectivity index (χ4n) is 3.37. The Balaban J connectivity index is 1.40. The summed E-state index contributed by atoms with van der Waals surface area (Å²) in [6, 6.07) is 15.6. The number of carbonyl (C=O) groups is 3. The van der Waals surface area contributed by atoms with Crippen molar-refractivity contribution < 1.29 is 14.4 Å². The van der Waals surface area contributed by atoms with E-state index in [1.165, 1.54) is 0 Å². The monoisotopic (exact) mass is 376 g/mol. The number of anilines is 1. The maximum atomic E-state index is 12.6. The van der Waals surface area contributed by atoms with Gasteiger partial charge in [-0.3, -0.25) is 14.5 Å². The Morgan fingerprint density at radius 2 is 1.89 bits per heavy atom. The predicted octanol–water partition coefficient (Wildman–Crippen LogP) is 2.63. The van der Waals surface area contributed by atoms with E-state index in [9.17, 15) is 14.4 Å². The molecule has 2 aromatic carbocycles. The zero-order chi connectivity index (χ0) is 19.7. The predicted molar refractivity (Wildman–Crippen MR) is 105 cm³/mol. The second-order valence-electron chi connectivity index (χ2n) is 6.86. The van der Waals surface area contributed by atoms with Crippen LogP contribution in [0.2, 0.25) is 0 Å². The lowest BCUT2D eigenvalue weighted by atomic mass is 10.1. The number of carbonyl (C=O) groups excluding carboxylic acids is 3. The van der Waals surface area contributed by atoms with Gasteiger partial charge in [-0.05, 0) is 29.1 Å². The third-order valence-corrected chi connectivity index (χ3v) is 4.85. The Morgan fingerprint density at radius 3 is 2.68 bits per heavy atom. The summed E-state index contributed by atoms with van der Waals surface area (Å²) >= 11 is 0. The van der Waals surface area contributed by atoms with Crippen molar-refractivity contribution in [2.24, 2.45) is 7.05 Å². The number of aromatic nitrogens is 1. The molecule has 7 heteroatoms. The van der Waals surface area contributed by atoms with E-state index in [0.717, 1.165) is 21.4 Å². The molecule has 0 radical (unpaired) electrons. The molecule has 4 rings (SSSR count). The third-order valence-electron chi connectivity index (χ3n) is 4.85. The van der Waals surface area contributed by atoms with Crippen molar-refractivity contribution in [3.05, 3.63) is 66.4 Å². The third kappa shape index (κ3) is 3.46. The van der Waals surface area contributed by atoms with Crippen LogP contribution in [-0.4, -0.2) is 33.4 Å². The standard InChI is InChI=1S/C21H20N4O3/c1-24-10-9-15-7-8-16(11-18(15)24)22-19(26)12-17-20(27)25(21(28)23-17)13-14-5-3-2-4-6-14/h2-11,17H,12-13H2,1H3,(H,22,26)(H,23,28). The largest absolute Gasteiger partial charge is 0.350 e. The maximum Gasteiger partial charge on any atom is 0.325 e. The summed E-state index contributed by atoms with van der Waals surface area (Å²) in [6.07, 6.45) is 1.84. The highest BCUT2D eigenvalue weighted by Crippen LogP contribution is 2.20. The second-order valence-corrected chi connectivity index (χ2v) is 6.86. The molecule has 7 nitrogen and oxygen atoms in total. The van der Waals surface area contributed by atoms with Gasteiger partial charge in [0.25, 0.3) is 5.91 Å². The molecule has 28 heavy (non-hydrogen) atoms. The average Bonchev–Trinajstić information content (AvgIpc) is 3.17. The number of imide groups is 1. The summed E-state index contributed by atoms with van der Waals surface area (Å²) in [5.74, 6) is -0.712. The van der Waals surface area contributed by atoms with E-state index in [1.807, 2.05) is 72.4 Å². The summed E-state index contributed by atoms with van der Waals surface area (Å²) < 4.78 is 1.97. The van der Waals surface area contributed by atoms with Crippen LogP contribution in [0.1, 0.15) is 12.0 Å². The van der Waals surface area contributed by atoms with Gasteiger partial charge in [0, 0.05) is 24.4 Å². The maximum absolute atomic E-state index is 12.6. The van der Waals surface area contributed by atoms with E-state index in [0.29, 0.717) is 5.69 Å². The van der Waals surface area contributed by atoms with Crippen LogP contribution < -0.4 is 10.6 Å². The number of hydrogen-bond donors (Lipinski definition) is 2. The molecule has 1 aliphatic rings. The first-order valence-electron chi connectivity index (χ1n) is 9.02. The van der Waals surface area contributed by atoms with Crippen molar-refractivity contribution in [1.82, 2.24) is 14.8 Å². The van der Waals surface area contributed by atoms with E-state index in [1.54, 1.807) is 0 Å². The number of rotatable bonds is 5. The van der Waals surface area contributed by atoms with Gasteiger partial charge in [-0.15, -0.1) is 0 Å². The molecule has 1 atom stereocenters. The molecule has 1 saturated heterocycles. The van der Waals surface area contributed by atoms with E-state index < -0.39 is 12.1 Å². The van der Waals surface area contributed by atoms with Crippen LogP contribution >= 0.6 is 0 Å². The minimum atomic E-state index is -0.852. The number of aryl methyl sites for hydroxylation is 1. The van der Waals surface area contributed by atoms with Gasteiger partial charge in [-0.25, -0.2) is 4.79 Å². The van der Waals surface area contributed by atoms with E-state index >= 15 is 0 Å². The molecule has 142 valence electrons. The number of hydrogen-bond acceptors (Lipinski definition) is 3.